The number of ether oxygens (including phenoxy) is 1. The van der Waals surface area contributed by atoms with Gasteiger partial charge in [0.25, 0.3) is 0 Å². The SMILES string of the molecule is COc1cccc(CS(=O)(=O)N2CCn3cnnc3C2)c1. The van der Waals surface area contributed by atoms with Gasteiger partial charge in [-0.2, -0.15) is 4.31 Å². The van der Waals surface area contributed by atoms with Gasteiger partial charge in [0, 0.05) is 13.1 Å². The summed E-state index contributed by atoms with van der Waals surface area (Å²) in [6.45, 7) is 1.29. The number of sulfonamides is 1. The fourth-order valence-electron chi connectivity index (χ4n) is 2.35. The Morgan fingerprint density at radius 3 is 3.00 bits per heavy atom. The van der Waals surface area contributed by atoms with Crippen molar-refractivity contribution < 1.29 is 13.2 Å². The predicted molar refractivity (Wildman–Crippen MR) is 76.0 cm³/mol. The van der Waals surface area contributed by atoms with Crippen molar-refractivity contribution in [3.63, 3.8) is 0 Å². The molecule has 0 aliphatic carbocycles. The molecule has 0 bridgehead atoms. The van der Waals surface area contributed by atoms with Crippen LogP contribution in [0.25, 0.3) is 0 Å². The quantitative estimate of drug-likeness (QED) is 0.828. The van der Waals surface area contributed by atoms with Gasteiger partial charge >= 0.3 is 0 Å². The van der Waals surface area contributed by atoms with Gasteiger partial charge < -0.3 is 9.30 Å². The van der Waals surface area contributed by atoms with E-state index in [-0.39, 0.29) is 12.3 Å². The van der Waals surface area contributed by atoms with Crippen LogP contribution < -0.4 is 4.74 Å². The summed E-state index contributed by atoms with van der Waals surface area (Å²) in [7, 11) is -1.82. The van der Waals surface area contributed by atoms with Crippen molar-refractivity contribution >= 4 is 10.0 Å². The summed E-state index contributed by atoms with van der Waals surface area (Å²) >= 11 is 0. The van der Waals surface area contributed by atoms with Crippen molar-refractivity contribution in [2.24, 2.45) is 0 Å². The number of aromatic nitrogens is 3. The summed E-state index contributed by atoms with van der Waals surface area (Å²) in [6.07, 6.45) is 1.63. The first-order valence-corrected chi connectivity index (χ1v) is 8.17. The minimum atomic E-state index is -3.39. The number of hydrogen-bond acceptors (Lipinski definition) is 5. The molecule has 0 spiro atoms. The topological polar surface area (TPSA) is 77.3 Å². The number of hydrogen-bond donors (Lipinski definition) is 0. The van der Waals surface area contributed by atoms with Crippen LogP contribution >= 0.6 is 0 Å². The van der Waals surface area contributed by atoms with E-state index in [0.29, 0.717) is 30.2 Å². The highest BCUT2D eigenvalue weighted by Gasteiger charge is 2.27. The number of fused-ring (bicyclic) bond motifs is 1. The van der Waals surface area contributed by atoms with Crippen molar-refractivity contribution in [3.8, 4) is 5.75 Å². The van der Waals surface area contributed by atoms with Gasteiger partial charge in [-0.25, -0.2) is 8.42 Å². The van der Waals surface area contributed by atoms with E-state index in [1.165, 1.54) is 4.31 Å². The molecule has 1 aromatic carbocycles. The summed E-state index contributed by atoms with van der Waals surface area (Å²) in [5, 5.41) is 7.74. The molecule has 1 aromatic heterocycles. The Bertz CT molecular complexity index is 741. The minimum Gasteiger partial charge on any atom is -0.497 e. The molecule has 8 heteroatoms. The smallest absolute Gasteiger partial charge is 0.218 e. The highest BCUT2D eigenvalue weighted by atomic mass is 32.2. The van der Waals surface area contributed by atoms with Crippen molar-refractivity contribution in [2.75, 3.05) is 13.7 Å². The van der Waals surface area contributed by atoms with Gasteiger partial charge in [-0.15, -0.1) is 10.2 Å². The zero-order chi connectivity index (χ0) is 14.9. The molecule has 0 saturated heterocycles. The molecule has 3 rings (SSSR count). The van der Waals surface area contributed by atoms with Gasteiger partial charge in [-0.05, 0) is 17.7 Å². The molecule has 7 nitrogen and oxygen atoms in total. The molecule has 0 radical (unpaired) electrons. The van der Waals surface area contributed by atoms with Crippen LogP contribution in [0.1, 0.15) is 11.4 Å². The minimum absolute atomic E-state index is 0.0433. The second-order valence-electron chi connectivity index (χ2n) is 4.88. The van der Waals surface area contributed by atoms with E-state index in [1.807, 2.05) is 4.57 Å². The van der Waals surface area contributed by atoms with Crippen LogP contribution in [0.4, 0.5) is 0 Å². The Morgan fingerprint density at radius 2 is 2.19 bits per heavy atom. The number of rotatable bonds is 4. The summed E-state index contributed by atoms with van der Waals surface area (Å²) < 4.78 is 33.5. The van der Waals surface area contributed by atoms with Gasteiger partial charge in [-0.3, -0.25) is 0 Å². The Hall–Kier alpha value is -1.93. The first-order valence-electron chi connectivity index (χ1n) is 6.56. The largest absolute Gasteiger partial charge is 0.497 e. The summed E-state index contributed by atoms with van der Waals surface area (Å²) in [5.74, 6) is 1.29. The fourth-order valence-corrected chi connectivity index (χ4v) is 3.80. The van der Waals surface area contributed by atoms with Gasteiger partial charge in [0.15, 0.2) is 0 Å². The number of benzene rings is 1. The van der Waals surface area contributed by atoms with Crippen molar-refractivity contribution in [3.05, 3.63) is 42.0 Å². The molecule has 1 aliphatic heterocycles. The molecule has 2 aromatic rings. The molecule has 0 amide bonds. The average Bonchev–Trinajstić information content (AvgIpc) is 2.94. The summed E-state index contributed by atoms with van der Waals surface area (Å²) in [5.41, 5.74) is 0.710. The molecule has 112 valence electrons. The lowest BCUT2D eigenvalue weighted by atomic mass is 10.2. The van der Waals surface area contributed by atoms with E-state index in [9.17, 15) is 8.42 Å². The maximum Gasteiger partial charge on any atom is 0.218 e. The Kier molecular flexibility index (Phi) is 3.64. The summed E-state index contributed by atoms with van der Waals surface area (Å²) in [4.78, 5) is 0. The standard InChI is InChI=1S/C13H16N4O3S/c1-20-12-4-2-3-11(7-12)9-21(18,19)17-6-5-16-10-14-15-13(16)8-17/h2-4,7,10H,5-6,8-9H2,1H3. The number of nitrogens with zero attached hydrogens (tertiary/aromatic N) is 4. The molecular weight excluding hydrogens is 292 g/mol. The lowest BCUT2D eigenvalue weighted by molar-refractivity contribution is 0.335. The summed E-state index contributed by atoms with van der Waals surface area (Å²) in [6, 6.07) is 7.10. The maximum atomic E-state index is 12.5. The van der Waals surface area contributed by atoms with Crippen LogP contribution in [0.5, 0.6) is 5.75 Å². The van der Waals surface area contributed by atoms with Crippen molar-refractivity contribution in [2.45, 2.75) is 18.8 Å². The van der Waals surface area contributed by atoms with Gasteiger partial charge in [-0.1, -0.05) is 12.1 Å². The fraction of sp³-hybridized carbons (Fsp3) is 0.385. The first kappa shape index (κ1) is 14.0. The van der Waals surface area contributed by atoms with Gasteiger partial charge in [0.1, 0.15) is 17.9 Å². The Balaban J connectivity index is 1.78. The highest BCUT2D eigenvalue weighted by molar-refractivity contribution is 7.88. The third-order valence-electron chi connectivity index (χ3n) is 3.48. The molecular formula is C13H16N4O3S. The van der Waals surface area contributed by atoms with E-state index >= 15 is 0 Å². The van der Waals surface area contributed by atoms with Crippen LogP contribution in [-0.4, -0.2) is 41.1 Å². The lowest BCUT2D eigenvalue weighted by Gasteiger charge is -2.26. The van der Waals surface area contributed by atoms with E-state index in [0.717, 1.165) is 0 Å². The van der Waals surface area contributed by atoms with Crippen LogP contribution in [0.15, 0.2) is 30.6 Å². The first-order chi connectivity index (χ1) is 10.1. The Labute approximate surface area is 123 Å². The molecule has 0 unspecified atom stereocenters. The molecule has 0 N–H and O–H groups in total. The molecule has 2 heterocycles. The zero-order valence-corrected chi connectivity index (χ0v) is 12.5. The zero-order valence-electron chi connectivity index (χ0n) is 11.6. The monoisotopic (exact) mass is 308 g/mol. The van der Waals surface area contributed by atoms with Crippen molar-refractivity contribution in [1.82, 2.24) is 19.1 Å². The molecule has 0 atom stereocenters. The third-order valence-corrected chi connectivity index (χ3v) is 5.28. The maximum absolute atomic E-state index is 12.5. The lowest BCUT2D eigenvalue weighted by Crippen LogP contribution is -2.38. The van der Waals surface area contributed by atoms with Crippen LogP contribution in [0.3, 0.4) is 0 Å². The van der Waals surface area contributed by atoms with E-state index in [4.69, 9.17) is 4.74 Å². The van der Waals surface area contributed by atoms with Gasteiger partial charge in [0.2, 0.25) is 10.0 Å². The van der Waals surface area contributed by atoms with Crippen LogP contribution in [0.2, 0.25) is 0 Å². The molecule has 0 saturated carbocycles. The highest BCUT2D eigenvalue weighted by Crippen LogP contribution is 2.19. The van der Waals surface area contributed by atoms with Crippen LogP contribution in [-0.2, 0) is 28.9 Å². The molecule has 21 heavy (non-hydrogen) atoms. The normalized spacial score (nSPS) is 15.7. The van der Waals surface area contributed by atoms with E-state index in [1.54, 1.807) is 37.7 Å². The van der Waals surface area contributed by atoms with E-state index in [2.05, 4.69) is 10.2 Å². The average molecular weight is 308 g/mol. The van der Waals surface area contributed by atoms with Gasteiger partial charge in [0.05, 0.1) is 19.4 Å². The van der Waals surface area contributed by atoms with Crippen LogP contribution in [0, 0.1) is 0 Å². The number of methoxy groups -OCH3 is 1. The second-order valence-corrected chi connectivity index (χ2v) is 6.85. The van der Waals surface area contributed by atoms with E-state index < -0.39 is 10.0 Å². The third kappa shape index (κ3) is 2.91. The molecule has 1 aliphatic rings. The second kappa shape index (κ2) is 5.45. The molecule has 0 fully saturated rings. The predicted octanol–water partition coefficient (Wildman–Crippen LogP) is 0.632. The Morgan fingerprint density at radius 1 is 1.33 bits per heavy atom. The van der Waals surface area contributed by atoms with Crippen molar-refractivity contribution in [1.29, 1.82) is 0 Å².